The third-order valence-electron chi connectivity index (χ3n) is 2.92. The number of carbonyl (C=O) groups is 1. The van der Waals surface area contributed by atoms with Crippen molar-refractivity contribution in [2.45, 2.75) is 13.3 Å². The van der Waals surface area contributed by atoms with Gasteiger partial charge < -0.3 is 15.5 Å². The number of rotatable bonds is 5. The van der Waals surface area contributed by atoms with Crippen LogP contribution >= 0.6 is 0 Å². The van der Waals surface area contributed by atoms with Gasteiger partial charge in [0.1, 0.15) is 11.6 Å². The fourth-order valence-electron chi connectivity index (χ4n) is 2.00. The minimum absolute atomic E-state index is 0.157. The van der Waals surface area contributed by atoms with Gasteiger partial charge in [-0.2, -0.15) is 0 Å². The van der Waals surface area contributed by atoms with Gasteiger partial charge in [-0.1, -0.05) is 12.1 Å². The second-order valence-electron chi connectivity index (χ2n) is 4.46. The van der Waals surface area contributed by atoms with Crippen LogP contribution in [0.1, 0.15) is 12.5 Å². The van der Waals surface area contributed by atoms with Crippen LogP contribution in [0.4, 0.5) is 4.39 Å². The number of hydrogen-bond acceptors (Lipinski definition) is 3. The van der Waals surface area contributed by atoms with E-state index in [1.807, 2.05) is 0 Å². The fraction of sp³-hybridized carbons (Fsp3) is 0.200. The first-order valence-corrected chi connectivity index (χ1v) is 6.44. The van der Waals surface area contributed by atoms with Gasteiger partial charge in [-0.25, -0.2) is 4.39 Å². The highest BCUT2D eigenvalue weighted by Crippen LogP contribution is 2.29. The SMILES string of the molecule is CCOc1cc(=O)[nH]cc1-c1ccc(CC(N)=O)c(F)c1. The molecular formula is C15H15FN2O3. The molecular weight excluding hydrogens is 275 g/mol. The summed E-state index contributed by atoms with van der Waals surface area (Å²) in [7, 11) is 0. The first-order valence-electron chi connectivity index (χ1n) is 6.44. The van der Waals surface area contributed by atoms with Crippen LogP contribution in [0.5, 0.6) is 5.75 Å². The molecule has 0 atom stereocenters. The zero-order valence-corrected chi connectivity index (χ0v) is 11.5. The van der Waals surface area contributed by atoms with E-state index in [1.54, 1.807) is 13.0 Å². The lowest BCUT2D eigenvalue weighted by molar-refractivity contribution is -0.117. The van der Waals surface area contributed by atoms with Crippen LogP contribution in [0.2, 0.25) is 0 Å². The molecule has 110 valence electrons. The molecule has 0 aliphatic rings. The standard InChI is InChI=1S/C15H15FN2O3/c1-2-21-13-7-15(20)18-8-11(13)9-3-4-10(6-14(17)19)12(16)5-9/h3-5,7-8H,2,6H2,1H3,(H2,17,19)(H,18,20). The summed E-state index contributed by atoms with van der Waals surface area (Å²) in [6, 6.07) is 5.75. The zero-order valence-electron chi connectivity index (χ0n) is 11.5. The Morgan fingerprint density at radius 2 is 2.14 bits per heavy atom. The number of primary amides is 1. The molecule has 1 heterocycles. The van der Waals surface area contributed by atoms with Gasteiger partial charge in [0.05, 0.1) is 13.0 Å². The Morgan fingerprint density at radius 3 is 2.76 bits per heavy atom. The van der Waals surface area contributed by atoms with Crippen molar-refractivity contribution >= 4 is 5.91 Å². The Balaban J connectivity index is 2.45. The second kappa shape index (κ2) is 6.21. The van der Waals surface area contributed by atoms with Gasteiger partial charge in [0.25, 0.3) is 5.56 Å². The van der Waals surface area contributed by atoms with Gasteiger partial charge in [-0.05, 0) is 24.1 Å². The molecule has 5 nitrogen and oxygen atoms in total. The van der Waals surface area contributed by atoms with Crippen molar-refractivity contribution in [3.8, 4) is 16.9 Å². The van der Waals surface area contributed by atoms with E-state index in [-0.39, 0.29) is 17.5 Å². The number of nitrogens with one attached hydrogen (secondary N) is 1. The van der Waals surface area contributed by atoms with Crippen LogP contribution in [-0.2, 0) is 11.2 Å². The monoisotopic (exact) mass is 290 g/mol. The molecule has 0 aliphatic carbocycles. The van der Waals surface area contributed by atoms with Gasteiger partial charge in [0, 0.05) is 17.8 Å². The van der Waals surface area contributed by atoms with Crippen molar-refractivity contribution < 1.29 is 13.9 Å². The summed E-state index contributed by atoms with van der Waals surface area (Å²) in [5, 5.41) is 0. The number of aromatic nitrogens is 1. The van der Waals surface area contributed by atoms with Crippen molar-refractivity contribution in [1.82, 2.24) is 4.98 Å². The van der Waals surface area contributed by atoms with Gasteiger partial charge >= 0.3 is 0 Å². The summed E-state index contributed by atoms with van der Waals surface area (Å²) >= 11 is 0. The quantitative estimate of drug-likeness (QED) is 0.877. The number of amides is 1. The summed E-state index contributed by atoms with van der Waals surface area (Å²) < 4.78 is 19.4. The number of nitrogens with two attached hydrogens (primary N) is 1. The van der Waals surface area contributed by atoms with E-state index in [9.17, 15) is 14.0 Å². The maximum absolute atomic E-state index is 14.0. The molecule has 0 saturated carbocycles. The molecule has 1 aromatic heterocycles. The summed E-state index contributed by atoms with van der Waals surface area (Å²) in [5.74, 6) is -0.746. The maximum Gasteiger partial charge on any atom is 0.251 e. The van der Waals surface area contributed by atoms with E-state index in [4.69, 9.17) is 10.5 Å². The van der Waals surface area contributed by atoms with E-state index >= 15 is 0 Å². The van der Waals surface area contributed by atoms with Gasteiger partial charge in [0.15, 0.2) is 0 Å². The maximum atomic E-state index is 14.0. The third kappa shape index (κ3) is 3.47. The summed E-state index contributed by atoms with van der Waals surface area (Å²) in [6.45, 7) is 2.18. The number of aromatic amines is 1. The second-order valence-corrected chi connectivity index (χ2v) is 4.46. The largest absolute Gasteiger partial charge is 0.493 e. The number of halogens is 1. The van der Waals surface area contributed by atoms with E-state index in [0.29, 0.717) is 23.5 Å². The van der Waals surface area contributed by atoms with Crippen molar-refractivity contribution in [1.29, 1.82) is 0 Å². The Kier molecular flexibility index (Phi) is 4.37. The number of hydrogen-bond donors (Lipinski definition) is 2. The summed E-state index contributed by atoms with van der Waals surface area (Å²) in [6.07, 6.45) is 1.31. The molecule has 0 bridgehead atoms. The summed E-state index contributed by atoms with van der Waals surface area (Å²) in [4.78, 5) is 24.7. The van der Waals surface area contributed by atoms with E-state index in [1.165, 1.54) is 24.4 Å². The minimum atomic E-state index is -0.597. The molecule has 0 spiro atoms. The molecule has 0 aliphatic heterocycles. The molecule has 1 amide bonds. The zero-order chi connectivity index (χ0) is 15.4. The topological polar surface area (TPSA) is 85.2 Å². The first-order chi connectivity index (χ1) is 10.0. The molecule has 21 heavy (non-hydrogen) atoms. The van der Waals surface area contributed by atoms with Gasteiger partial charge in [0.2, 0.25) is 5.91 Å². The highest BCUT2D eigenvalue weighted by Gasteiger charge is 2.11. The van der Waals surface area contributed by atoms with Crippen LogP contribution in [-0.4, -0.2) is 17.5 Å². The number of ether oxygens (including phenoxy) is 1. The number of carbonyl (C=O) groups excluding carboxylic acids is 1. The highest BCUT2D eigenvalue weighted by atomic mass is 19.1. The van der Waals surface area contributed by atoms with Crippen molar-refractivity contribution in [2.75, 3.05) is 6.61 Å². The fourth-order valence-corrected chi connectivity index (χ4v) is 2.00. The number of benzene rings is 1. The summed E-state index contributed by atoms with van der Waals surface area (Å²) in [5.41, 5.74) is 6.10. The predicted molar refractivity (Wildman–Crippen MR) is 76.5 cm³/mol. The van der Waals surface area contributed by atoms with E-state index < -0.39 is 11.7 Å². The van der Waals surface area contributed by atoms with E-state index in [0.717, 1.165) is 0 Å². The molecule has 6 heteroatoms. The molecule has 3 N–H and O–H groups in total. The van der Waals surface area contributed by atoms with Gasteiger partial charge in [-0.3, -0.25) is 9.59 Å². The van der Waals surface area contributed by atoms with Crippen molar-refractivity contribution in [2.24, 2.45) is 5.73 Å². The number of pyridine rings is 1. The van der Waals surface area contributed by atoms with Crippen LogP contribution < -0.4 is 16.0 Å². The van der Waals surface area contributed by atoms with Gasteiger partial charge in [-0.15, -0.1) is 0 Å². The van der Waals surface area contributed by atoms with E-state index in [2.05, 4.69) is 4.98 Å². The Labute approximate surface area is 120 Å². The van der Waals surface area contributed by atoms with Crippen molar-refractivity contribution in [3.63, 3.8) is 0 Å². The Hall–Kier alpha value is -2.63. The molecule has 2 rings (SSSR count). The lowest BCUT2D eigenvalue weighted by Gasteiger charge is -2.10. The smallest absolute Gasteiger partial charge is 0.251 e. The molecule has 2 aromatic rings. The molecule has 0 unspecified atom stereocenters. The normalized spacial score (nSPS) is 10.4. The lowest BCUT2D eigenvalue weighted by atomic mass is 10.0. The predicted octanol–water partition coefficient (Wildman–Crippen LogP) is 1.61. The Morgan fingerprint density at radius 1 is 1.38 bits per heavy atom. The lowest BCUT2D eigenvalue weighted by Crippen LogP contribution is -2.14. The average molecular weight is 290 g/mol. The highest BCUT2D eigenvalue weighted by molar-refractivity contribution is 5.77. The molecule has 1 aromatic carbocycles. The first kappa shape index (κ1) is 14.8. The van der Waals surface area contributed by atoms with Crippen LogP contribution in [0, 0.1) is 5.82 Å². The van der Waals surface area contributed by atoms with Crippen molar-refractivity contribution in [3.05, 3.63) is 52.2 Å². The molecule has 0 radical (unpaired) electrons. The molecule has 0 saturated heterocycles. The van der Waals surface area contributed by atoms with Crippen LogP contribution in [0.3, 0.4) is 0 Å². The van der Waals surface area contributed by atoms with Crippen LogP contribution in [0.25, 0.3) is 11.1 Å². The van der Waals surface area contributed by atoms with Crippen LogP contribution in [0.15, 0.2) is 35.3 Å². The Bertz CT molecular complexity index is 725. The molecule has 0 fully saturated rings. The number of H-pyrrole nitrogens is 1. The minimum Gasteiger partial charge on any atom is -0.493 e. The third-order valence-corrected chi connectivity index (χ3v) is 2.92. The average Bonchev–Trinajstić information content (AvgIpc) is 2.41.